The Labute approximate surface area is 146 Å². The summed E-state index contributed by atoms with van der Waals surface area (Å²) in [6, 6.07) is 18.4. The van der Waals surface area contributed by atoms with E-state index in [1.165, 1.54) is 0 Å². The van der Waals surface area contributed by atoms with Crippen molar-refractivity contribution in [3.05, 3.63) is 77.5 Å². The van der Waals surface area contributed by atoms with E-state index in [1.807, 2.05) is 50.2 Å². The first-order chi connectivity index (χ1) is 12.0. The number of nitrogens with zero attached hydrogens (tertiary/aromatic N) is 1. The fourth-order valence-electron chi connectivity index (χ4n) is 2.35. The van der Waals surface area contributed by atoms with E-state index in [4.69, 9.17) is 10.5 Å². The van der Waals surface area contributed by atoms with Crippen LogP contribution in [-0.2, 0) is 0 Å². The fourth-order valence-corrected chi connectivity index (χ4v) is 2.35. The molecule has 1 aromatic heterocycles. The van der Waals surface area contributed by atoms with E-state index in [0.717, 1.165) is 17.0 Å². The second-order valence-corrected chi connectivity index (χ2v) is 5.78. The maximum absolute atomic E-state index is 12.4. The molecular weight excluding hydrogens is 314 g/mol. The molecule has 3 N–H and O–H groups in total. The van der Waals surface area contributed by atoms with E-state index in [9.17, 15) is 4.79 Å². The van der Waals surface area contributed by atoms with Crippen molar-refractivity contribution in [3.63, 3.8) is 0 Å². The average Bonchev–Trinajstić information content (AvgIpc) is 2.57. The van der Waals surface area contributed by atoms with Gasteiger partial charge in [0.1, 0.15) is 17.3 Å². The van der Waals surface area contributed by atoms with Gasteiger partial charge >= 0.3 is 0 Å². The normalized spacial score (nSPS) is 10.3. The third-order valence-electron chi connectivity index (χ3n) is 3.66. The minimum Gasteiger partial charge on any atom is -0.457 e. The molecular formula is C20H19N3O2. The van der Waals surface area contributed by atoms with Crippen LogP contribution < -0.4 is 15.8 Å². The van der Waals surface area contributed by atoms with Crippen molar-refractivity contribution >= 4 is 17.4 Å². The van der Waals surface area contributed by atoms with Crippen LogP contribution in [0.4, 0.5) is 11.5 Å². The van der Waals surface area contributed by atoms with E-state index in [0.29, 0.717) is 17.0 Å². The van der Waals surface area contributed by atoms with Crippen LogP contribution >= 0.6 is 0 Å². The highest BCUT2D eigenvalue weighted by molar-refractivity contribution is 6.07. The summed E-state index contributed by atoms with van der Waals surface area (Å²) in [7, 11) is 0. The molecule has 0 atom stereocenters. The zero-order valence-corrected chi connectivity index (χ0v) is 14.1. The summed E-state index contributed by atoms with van der Waals surface area (Å²) >= 11 is 0. The Morgan fingerprint density at radius 2 is 1.76 bits per heavy atom. The van der Waals surface area contributed by atoms with Crippen LogP contribution in [0.2, 0.25) is 0 Å². The number of nitrogens with one attached hydrogen (secondary N) is 1. The van der Waals surface area contributed by atoms with Gasteiger partial charge in [-0.25, -0.2) is 4.98 Å². The molecule has 0 radical (unpaired) electrons. The number of carbonyl (C=O) groups is 1. The number of carbonyl (C=O) groups excluding carboxylic acids is 1. The number of hydrogen-bond donors (Lipinski definition) is 2. The largest absolute Gasteiger partial charge is 0.457 e. The summed E-state index contributed by atoms with van der Waals surface area (Å²) in [5.41, 5.74) is 8.72. The zero-order valence-electron chi connectivity index (χ0n) is 14.1. The predicted molar refractivity (Wildman–Crippen MR) is 99.0 cm³/mol. The lowest BCUT2D eigenvalue weighted by Gasteiger charge is -2.10. The number of nitrogen functional groups attached to an aromatic ring is 1. The summed E-state index contributed by atoms with van der Waals surface area (Å²) in [4.78, 5) is 16.5. The van der Waals surface area contributed by atoms with Crippen LogP contribution in [-0.4, -0.2) is 10.9 Å². The van der Waals surface area contributed by atoms with Crippen LogP contribution in [0.1, 0.15) is 21.6 Å². The lowest BCUT2D eigenvalue weighted by molar-refractivity contribution is 0.102. The van der Waals surface area contributed by atoms with Gasteiger partial charge in [0, 0.05) is 17.4 Å². The van der Waals surface area contributed by atoms with Gasteiger partial charge in [-0.3, -0.25) is 4.79 Å². The Morgan fingerprint density at radius 3 is 2.48 bits per heavy atom. The number of hydrogen-bond acceptors (Lipinski definition) is 4. The number of aromatic nitrogens is 1. The first-order valence-corrected chi connectivity index (χ1v) is 7.90. The third-order valence-corrected chi connectivity index (χ3v) is 3.66. The average molecular weight is 333 g/mol. The first kappa shape index (κ1) is 16.5. The topological polar surface area (TPSA) is 77.2 Å². The summed E-state index contributed by atoms with van der Waals surface area (Å²) in [5, 5.41) is 2.81. The molecule has 0 fully saturated rings. The van der Waals surface area contributed by atoms with Gasteiger partial charge in [-0.05, 0) is 50.2 Å². The van der Waals surface area contributed by atoms with Crippen LogP contribution in [0.3, 0.4) is 0 Å². The molecule has 0 saturated heterocycles. The van der Waals surface area contributed by atoms with Gasteiger partial charge in [0.05, 0.1) is 5.56 Å². The number of benzene rings is 2. The van der Waals surface area contributed by atoms with Crippen molar-refractivity contribution < 1.29 is 9.53 Å². The smallest absolute Gasteiger partial charge is 0.259 e. The van der Waals surface area contributed by atoms with Gasteiger partial charge in [-0.2, -0.15) is 0 Å². The van der Waals surface area contributed by atoms with E-state index >= 15 is 0 Å². The highest BCUT2D eigenvalue weighted by atomic mass is 16.5. The third kappa shape index (κ3) is 4.14. The van der Waals surface area contributed by atoms with E-state index in [-0.39, 0.29) is 11.7 Å². The van der Waals surface area contributed by atoms with Crippen LogP contribution in [0.15, 0.2) is 60.7 Å². The Bertz CT molecular complexity index is 905. The maximum Gasteiger partial charge on any atom is 0.259 e. The van der Waals surface area contributed by atoms with E-state index in [2.05, 4.69) is 10.3 Å². The Kier molecular flexibility index (Phi) is 4.66. The molecule has 3 aromatic rings. The van der Waals surface area contributed by atoms with Gasteiger partial charge in [0.25, 0.3) is 5.91 Å². The summed E-state index contributed by atoms with van der Waals surface area (Å²) in [6.45, 7) is 3.84. The Balaban J connectivity index is 1.75. The number of ether oxygens (including phenoxy) is 1. The molecule has 0 aliphatic rings. The van der Waals surface area contributed by atoms with Crippen molar-refractivity contribution in [2.45, 2.75) is 13.8 Å². The molecule has 1 heterocycles. The van der Waals surface area contributed by atoms with Gasteiger partial charge in [0.2, 0.25) is 0 Å². The molecule has 2 aromatic carbocycles. The molecule has 3 rings (SSSR count). The van der Waals surface area contributed by atoms with Crippen molar-refractivity contribution in [1.82, 2.24) is 4.98 Å². The highest BCUT2D eigenvalue weighted by Gasteiger charge is 2.11. The van der Waals surface area contributed by atoms with Crippen LogP contribution in [0.25, 0.3) is 0 Å². The van der Waals surface area contributed by atoms with E-state index in [1.54, 1.807) is 24.3 Å². The Morgan fingerprint density at radius 1 is 1.00 bits per heavy atom. The van der Waals surface area contributed by atoms with Crippen LogP contribution in [0.5, 0.6) is 11.5 Å². The van der Waals surface area contributed by atoms with Crippen molar-refractivity contribution in [2.24, 2.45) is 0 Å². The van der Waals surface area contributed by atoms with Crippen LogP contribution in [0, 0.1) is 13.8 Å². The highest BCUT2D eigenvalue weighted by Crippen LogP contribution is 2.25. The molecule has 126 valence electrons. The van der Waals surface area contributed by atoms with Crippen molar-refractivity contribution in [2.75, 3.05) is 11.1 Å². The number of rotatable bonds is 4. The van der Waals surface area contributed by atoms with E-state index < -0.39 is 0 Å². The molecule has 0 aliphatic heterocycles. The lowest BCUT2D eigenvalue weighted by Crippen LogP contribution is -2.15. The molecule has 0 aliphatic carbocycles. The minimum absolute atomic E-state index is 0.213. The first-order valence-electron chi connectivity index (χ1n) is 7.90. The summed E-state index contributed by atoms with van der Waals surface area (Å²) < 4.78 is 5.81. The number of anilines is 2. The van der Waals surface area contributed by atoms with Gasteiger partial charge in [-0.15, -0.1) is 0 Å². The van der Waals surface area contributed by atoms with Gasteiger partial charge in [-0.1, -0.05) is 23.8 Å². The molecule has 5 heteroatoms. The molecule has 0 saturated carbocycles. The van der Waals surface area contributed by atoms with Crippen molar-refractivity contribution in [1.29, 1.82) is 0 Å². The monoisotopic (exact) mass is 333 g/mol. The molecule has 0 unspecified atom stereocenters. The number of pyridine rings is 1. The number of aryl methyl sites for hydroxylation is 2. The number of nitrogens with two attached hydrogens (primary N) is 1. The summed E-state index contributed by atoms with van der Waals surface area (Å²) in [6.07, 6.45) is 0. The minimum atomic E-state index is -0.308. The lowest BCUT2D eigenvalue weighted by atomic mass is 10.2. The molecule has 0 bridgehead atoms. The second kappa shape index (κ2) is 7.05. The number of amides is 1. The quantitative estimate of drug-likeness (QED) is 0.745. The zero-order chi connectivity index (χ0) is 17.8. The van der Waals surface area contributed by atoms with Gasteiger partial charge < -0.3 is 15.8 Å². The fraction of sp³-hybridized carbons (Fsp3) is 0.100. The second-order valence-electron chi connectivity index (χ2n) is 5.78. The molecule has 5 nitrogen and oxygen atoms in total. The van der Waals surface area contributed by atoms with Gasteiger partial charge in [0.15, 0.2) is 0 Å². The Hall–Kier alpha value is -3.34. The standard InChI is InChI=1S/C20H19N3O2/c1-13-6-9-16(10-7-13)25-17-5-3-4-15(12-17)23-20(24)18-11-8-14(2)22-19(18)21/h3-12H,1-2H3,(H2,21,22)(H,23,24). The summed E-state index contributed by atoms with van der Waals surface area (Å²) in [5.74, 6) is 1.28. The SMILES string of the molecule is Cc1ccc(Oc2cccc(NC(=O)c3ccc(C)nc3N)c2)cc1. The van der Waals surface area contributed by atoms with Crippen molar-refractivity contribution in [3.8, 4) is 11.5 Å². The molecule has 1 amide bonds. The molecule has 0 spiro atoms. The molecule has 25 heavy (non-hydrogen) atoms. The maximum atomic E-state index is 12.4. The predicted octanol–water partition coefficient (Wildman–Crippen LogP) is 4.33.